The monoisotopic (exact) mass is 501 g/mol. The van der Waals surface area contributed by atoms with Gasteiger partial charge in [-0.1, -0.05) is 49.7 Å². The van der Waals surface area contributed by atoms with Gasteiger partial charge in [-0.25, -0.2) is 4.98 Å². The maximum absolute atomic E-state index is 12.9. The lowest BCUT2D eigenvalue weighted by atomic mass is 9.96. The molecule has 2 saturated heterocycles. The molecule has 2 fully saturated rings. The molecule has 5 rings (SSSR count). The summed E-state index contributed by atoms with van der Waals surface area (Å²) >= 11 is 0. The molecule has 1 atom stereocenters. The van der Waals surface area contributed by atoms with E-state index >= 15 is 0 Å². The second-order valence-corrected chi connectivity index (χ2v) is 10.9. The number of imidazole rings is 1. The van der Waals surface area contributed by atoms with Crippen molar-refractivity contribution in [3.63, 3.8) is 0 Å². The minimum Gasteiger partial charge on any atom is -0.356 e. The Morgan fingerprint density at radius 1 is 1.00 bits per heavy atom. The number of nitrogens with zero attached hydrogens (tertiary/aromatic N) is 4. The fourth-order valence-corrected chi connectivity index (χ4v) is 6.21. The van der Waals surface area contributed by atoms with Crippen LogP contribution in [0.25, 0.3) is 11.0 Å². The number of aromatic nitrogens is 2. The number of hydrogen-bond acceptors (Lipinski definition) is 4. The number of likely N-dealkylation sites (tertiary alicyclic amines) is 1. The van der Waals surface area contributed by atoms with Crippen LogP contribution in [0.2, 0.25) is 0 Å². The van der Waals surface area contributed by atoms with Crippen molar-refractivity contribution in [3.05, 3.63) is 59.7 Å². The van der Waals surface area contributed by atoms with Gasteiger partial charge in [0.2, 0.25) is 11.9 Å². The van der Waals surface area contributed by atoms with Gasteiger partial charge >= 0.3 is 0 Å². The van der Waals surface area contributed by atoms with Gasteiger partial charge in [0.05, 0.1) is 17.6 Å². The summed E-state index contributed by atoms with van der Waals surface area (Å²) < 4.78 is 2.35. The van der Waals surface area contributed by atoms with Crippen molar-refractivity contribution in [2.75, 3.05) is 37.6 Å². The lowest BCUT2D eigenvalue weighted by molar-refractivity contribution is -0.125. The summed E-state index contributed by atoms with van der Waals surface area (Å²) in [7, 11) is 0. The third-order valence-electron chi connectivity index (χ3n) is 8.51. The van der Waals surface area contributed by atoms with Crippen LogP contribution in [0.5, 0.6) is 0 Å². The molecule has 2 aliphatic rings. The molecule has 0 saturated carbocycles. The number of carbonyl (C=O) groups is 1. The van der Waals surface area contributed by atoms with Crippen LogP contribution in [0.15, 0.2) is 48.5 Å². The normalized spacial score (nSPS) is 19.4. The van der Waals surface area contributed by atoms with Crippen molar-refractivity contribution in [1.82, 2.24) is 19.8 Å². The fourth-order valence-electron chi connectivity index (χ4n) is 6.21. The number of anilines is 1. The number of piperidine rings is 2. The van der Waals surface area contributed by atoms with E-state index in [0.29, 0.717) is 0 Å². The van der Waals surface area contributed by atoms with Gasteiger partial charge in [0.15, 0.2) is 0 Å². The van der Waals surface area contributed by atoms with Crippen molar-refractivity contribution >= 4 is 22.9 Å². The minimum atomic E-state index is 0.101. The number of para-hydroxylation sites is 2. The first-order valence-corrected chi connectivity index (χ1v) is 14.4. The molecular weight excluding hydrogens is 458 g/mol. The summed E-state index contributed by atoms with van der Waals surface area (Å²) in [5.41, 5.74) is 4.81. The Hall–Kier alpha value is -2.86. The first-order valence-electron chi connectivity index (χ1n) is 14.4. The second kappa shape index (κ2) is 12.1. The molecule has 1 N–H and O–H groups in total. The van der Waals surface area contributed by atoms with Crippen molar-refractivity contribution < 1.29 is 4.79 Å². The molecular formula is C31H43N5O. The zero-order valence-electron chi connectivity index (χ0n) is 22.7. The lowest BCUT2D eigenvalue weighted by Crippen LogP contribution is -2.43. The molecule has 1 amide bonds. The largest absolute Gasteiger partial charge is 0.356 e. The fraction of sp³-hybridized carbons (Fsp3) is 0.548. The number of carbonyl (C=O) groups excluding carboxylic acids is 1. The third kappa shape index (κ3) is 6.01. The lowest BCUT2D eigenvalue weighted by Gasteiger charge is -2.35. The van der Waals surface area contributed by atoms with E-state index < -0.39 is 0 Å². The van der Waals surface area contributed by atoms with E-state index in [9.17, 15) is 4.79 Å². The molecule has 6 heteroatoms. The summed E-state index contributed by atoms with van der Waals surface area (Å²) in [6.45, 7) is 10.1. The Morgan fingerprint density at radius 3 is 2.59 bits per heavy atom. The van der Waals surface area contributed by atoms with Crippen LogP contribution >= 0.6 is 0 Å². The van der Waals surface area contributed by atoms with Crippen LogP contribution in [-0.2, 0) is 11.3 Å². The molecule has 2 aliphatic heterocycles. The molecule has 6 nitrogen and oxygen atoms in total. The summed E-state index contributed by atoms with van der Waals surface area (Å²) in [5, 5.41) is 3.25. The Labute approximate surface area is 222 Å². The smallest absolute Gasteiger partial charge is 0.223 e. The standard InChI is InChI=1S/C31H43N5O/c1-3-27-13-8-9-19-34(27)20-10-18-32-30(37)25-16-21-35(22-17-25)31-33-28-14-6-7-15-29(28)36(31)23-26-12-5-4-11-24(26)2/h4-7,11-12,14-15,25,27H,3,8-10,13,16-23H2,1-2H3,(H,32,37)/t27-/m0/s1. The van der Waals surface area contributed by atoms with E-state index in [0.717, 1.165) is 69.5 Å². The third-order valence-corrected chi connectivity index (χ3v) is 8.51. The number of fused-ring (bicyclic) bond motifs is 1. The Bertz CT molecular complexity index is 1180. The minimum absolute atomic E-state index is 0.101. The van der Waals surface area contributed by atoms with E-state index in [1.807, 2.05) is 0 Å². The van der Waals surface area contributed by atoms with E-state index in [2.05, 4.69) is 82.1 Å². The molecule has 0 unspecified atom stereocenters. The van der Waals surface area contributed by atoms with Gasteiger partial charge in [-0.3, -0.25) is 4.79 Å². The summed E-state index contributed by atoms with van der Waals surface area (Å²) in [4.78, 5) is 23.0. The predicted octanol–water partition coefficient (Wildman–Crippen LogP) is 5.38. The van der Waals surface area contributed by atoms with Crippen molar-refractivity contribution in [1.29, 1.82) is 0 Å². The van der Waals surface area contributed by atoms with Crippen molar-refractivity contribution in [2.45, 2.75) is 71.4 Å². The first-order chi connectivity index (χ1) is 18.1. The highest BCUT2D eigenvalue weighted by molar-refractivity contribution is 5.80. The Morgan fingerprint density at radius 2 is 1.78 bits per heavy atom. The summed E-state index contributed by atoms with van der Waals surface area (Å²) in [6, 6.07) is 17.7. The van der Waals surface area contributed by atoms with Crippen molar-refractivity contribution in [3.8, 4) is 0 Å². The van der Waals surface area contributed by atoms with Gasteiger partial charge in [0.25, 0.3) is 0 Å². The number of nitrogens with one attached hydrogen (secondary N) is 1. The SMILES string of the molecule is CC[C@H]1CCCCN1CCCNC(=O)C1CCN(c2nc3ccccc3n2Cc2ccccc2C)CC1. The molecule has 3 heterocycles. The number of hydrogen-bond donors (Lipinski definition) is 1. The number of amides is 1. The molecule has 0 bridgehead atoms. The van der Waals surface area contributed by atoms with Gasteiger partial charge in [-0.2, -0.15) is 0 Å². The number of aryl methyl sites for hydroxylation is 1. The second-order valence-electron chi connectivity index (χ2n) is 10.9. The molecule has 198 valence electrons. The van der Waals surface area contributed by atoms with E-state index in [1.54, 1.807) is 0 Å². The van der Waals surface area contributed by atoms with Crippen LogP contribution < -0.4 is 10.2 Å². The summed E-state index contributed by atoms with van der Waals surface area (Å²) in [6.07, 6.45) is 8.06. The van der Waals surface area contributed by atoms with Gasteiger partial charge in [-0.05, 0) is 75.3 Å². The van der Waals surface area contributed by atoms with Gasteiger partial charge in [0.1, 0.15) is 0 Å². The topological polar surface area (TPSA) is 53.4 Å². The molecule has 37 heavy (non-hydrogen) atoms. The molecule has 1 aromatic heterocycles. The van der Waals surface area contributed by atoms with Gasteiger partial charge in [-0.15, -0.1) is 0 Å². The molecule has 0 radical (unpaired) electrons. The maximum atomic E-state index is 12.9. The van der Waals surface area contributed by atoms with E-state index in [1.165, 1.54) is 48.9 Å². The van der Waals surface area contributed by atoms with Crippen LogP contribution in [-0.4, -0.2) is 59.1 Å². The maximum Gasteiger partial charge on any atom is 0.223 e. The highest BCUT2D eigenvalue weighted by atomic mass is 16.1. The molecule has 2 aromatic carbocycles. The van der Waals surface area contributed by atoms with Gasteiger partial charge < -0.3 is 19.7 Å². The van der Waals surface area contributed by atoms with Gasteiger partial charge in [0, 0.05) is 38.1 Å². The van der Waals surface area contributed by atoms with E-state index in [-0.39, 0.29) is 11.8 Å². The predicted molar refractivity (Wildman–Crippen MR) is 152 cm³/mol. The van der Waals surface area contributed by atoms with Crippen LogP contribution in [0, 0.1) is 12.8 Å². The zero-order chi connectivity index (χ0) is 25.6. The first kappa shape index (κ1) is 25.8. The van der Waals surface area contributed by atoms with Crippen LogP contribution in [0.3, 0.4) is 0 Å². The molecule has 0 aliphatic carbocycles. The van der Waals surface area contributed by atoms with Crippen LogP contribution in [0.4, 0.5) is 5.95 Å². The van der Waals surface area contributed by atoms with E-state index in [4.69, 9.17) is 4.98 Å². The highest BCUT2D eigenvalue weighted by Gasteiger charge is 2.28. The summed E-state index contributed by atoms with van der Waals surface area (Å²) in [5.74, 6) is 1.36. The zero-order valence-corrected chi connectivity index (χ0v) is 22.7. The van der Waals surface area contributed by atoms with Crippen LogP contribution in [0.1, 0.15) is 63.0 Å². The Kier molecular flexibility index (Phi) is 8.45. The van der Waals surface area contributed by atoms with Crippen molar-refractivity contribution in [2.24, 2.45) is 5.92 Å². The average Bonchev–Trinajstić information content (AvgIpc) is 3.31. The highest BCUT2D eigenvalue weighted by Crippen LogP contribution is 2.28. The molecule has 0 spiro atoms. The number of rotatable bonds is 9. The number of benzene rings is 2. The quantitative estimate of drug-likeness (QED) is 0.400. The Balaban J connectivity index is 1.17. The molecule has 3 aromatic rings. The average molecular weight is 502 g/mol.